The average Bonchev–Trinajstić information content (AvgIpc) is 4.12. The molecule has 1 saturated carbocycles. The molecule has 398 valence electrons. The molecule has 19 heteroatoms. The average molecular weight is 1010 g/mol. The zero-order chi connectivity index (χ0) is 52.6. The van der Waals surface area contributed by atoms with Gasteiger partial charge in [-0.15, -0.1) is 0 Å². The molecule has 7 amide bonds. The van der Waals surface area contributed by atoms with Crippen molar-refractivity contribution in [3.63, 3.8) is 0 Å². The highest BCUT2D eigenvalue weighted by Gasteiger charge is 2.43. The van der Waals surface area contributed by atoms with Crippen molar-refractivity contribution in [3.8, 4) is 0 Å². The minimum absolute atomic E-state index is 0.0559. The van der Waals surface area contributed by atoms with E-state index in [9.17, 15) is 42.0 Å². The summed E-state index contributed by atoms with van der Waals surface area (Å²) in [4.78, 5) is 99.7. The third-order valence-corrected chi connectivity index (χ3v) is 16.3. The lowest BCUT2D eigenvalue weighted by Gasteiger charge is -2.41. The second-order valence-corrected chi connectivity index (χ2v) is 22.0. The number of carbonyl (C=O) groups is 7. The van der Waals surface area contributed by atoms with Crippen LogP contribution in [0.3, 0.4) is 0 Å². The molecule has 3 N–H and O–H groups in total. The summed E-state index contributed by atoms with van der Waals surface area (Å²) in [5.74, 6) is -4.38. The van der Waals surface area contributed by atoms with Crippen molar-refractivity contribution in [2.75, 3.05) is 47.2 Å². The van der Waals surface area contributed by atoms with Gasteiger partial charge in [0.1, 0.15) is 6.04 Å². The van der Waals surface area contributed by atoms with E-state index in [1.165, 1.54) is 26.4 Å². The summed E-state index contributed by atoms with van der Waals surface area (Å²) in [5.41, 5.74) is 0.769. The Kier molecular flexibility index (Phi) is 23.1. The Morgan fingerprint density at radius 3 is 2.07 bits per heavy atom. The van der Waals surface area contributed by atoms with Gasteiger partial charge in [0, 0.05) is 65.0 Å². The van der Waals surface area contributed by atoms with E-state index in [1.807, 2.05) is 59.9 Å². The van der Waals surface area contributed by atoms with Crippen molar-refractivity contribution in [2.24, 2.45) is 17.8 Å². The SMILES string of the molecule is CC[C@H](C)[C@@H]([C@@H](CC(=O)N1CCC[C@H]1[C@H](OC)[C@@H](C)C(=O)N[C@@H](Cc1ccccc1)CS(=O)(=O)NC(=O)CCCCCN1C(=O)C=CC1=O)OC)N(C)C(=O)[C@@H](NC(=O)[C@H](C)N(C)C1CCCC1)C(C)C. The molecule has 1 aliphatic carbocycles. The van der Waals surface area contributed by atoms with Crippen molar-refractivity contribution in [1.82, 2.24) is 35.0 Å². The third-order valence-electron chi connectivity index (χ3n) is 14.9. The molecular weight excluding hydrogens is 931 g/mol. The smallest absolute Gasteiger partial charge is 0.253 e. The summed E-state index contributed by atoms with van der Waals surface area (Å²) in [7, 11) is 2.46. The van der Waals surface area contributed by atoms with E-state index in [0.29, 0.717) is 51.1 Å². The normalized spacial score (nSPS) is 19.9. The standard InChI is InChI=1S/C52H83N7O11S/c1-11-35(4)48(57(8)52(66)47(34(2)3)54-51(65)37(6)56(7)40-23-17-18-24-40)42(69-9)32-46(63)58-30-20-25-41(58)49(70-10)36(5)50(64)53-39(31-38-21-14-12-15-22-38)33-71(67,68)55-43(60)26-16-13-19-29-59-44(61)27-28-45(59)62/h12,14-15,21-22,27-28,34-37,39-42,47-49H,11,13,16-20,23-26,29-33H2,1-10H3,(H,53,64)(H,54,65)(H,55,60)/t35-,36+,37-,39-,41-,42+,47-,48-,49+/m0/s1. The minimum atomic E-state index is -4.23. The number of rotatable bonds is 29. The van der Waals surface area contributed by atoms with E-state index in [4.69, 9.17) is 9.47 Å². The highest BCUT2D eigenvalue weighted by Crippen LogP contribution is 2.30. The molecule has 9 atom stereocenters. The molecule has 2 heterocycles. The van der Waals surface area contributed by atoms with Crippen molar-refractivity contribution >= 4 is 51.4 Å². The molecule has 2 aliphatic heterocycles. The predicted molar refractivity (Wildman–Crippen MR) is 271 cm³/mol. The summed E-state index contributed by atoms with van der Waals surface area (Å²) in [6.45, 7) is 12.0. The number of imide groups is 1. The van der Waals surface area contributed by atoms with Gasteiger partial charge in [-0.25, -0.2) is 8.42 Å². The van der Waals surface area contributed by atoms with Gasteiger partial charge in [-0.05, 0) is 76.3 Å². The summed E-state index contributed by atoms with van der Waals surface area (Å²) < 4.78 is 41.1. The molecule has 1 aromatic rings. The Hall–Kier alpha value is -4.72. The van der Waals surface area contributed by atoms with Crippen LogP contribution in [0.1, 0.15) is 124 Å². The second kappa shape index (κ2) is 27.9. The first-order chi connectivity index (χ1) is 33.6. The van der Waals surface area contributed by atoms with Crippen LogP contribution >= 0.6 is 0 Å². The third kappa shape index (κ3) is 16.7. The summed E-state index contributed by atoms with van der Waals surface area (Å²) in [6, 6.07) is 6.23. The largest absolute Gasteiger partial charge is 0.379 e. The van der Waals surface area contributed by atoms with Crippen LogP contribution in [0, 0.1) is 17.8 Å². The number of likely N-dealkylation sites (N-methyl/N-ethyl adjacent to an activating group) is 2. The fourth-order valence-corrected chi connectivity index (χ4v) is 11.7. The number of hydrogen-bond donors (Lipinski definition) is 3. The van der Waals surface area contributed by atoms with Crippen LogP contribution in [0.4, 0.5) is 0 Å². The number of nitrogens with one attached hydrogen (secondary N) is 3. The van der Waals surface area contributed by atoms with E-state index in [0.717, 1.165) is 36.1 Å². The zero-order valence-electron chi connectivity index (χ0n) is 43.9. The van der Waals surface area contributed by atoms with Crippen molar-refractivity contribution in [3.05, 3.63) is 48.0 Å². The van der Waals surface area contributed by atoms with Crippen LogP contribution in [0.25, 0.3) is 0 Å². The van der Waals surface area contributed by atoms with Gasteiger partial charge in [-0.2, -0.15) is 0 Å². The summed E-state index contributed by atoms with van der Waals surface area (Å²) in [6.07, 6.45) is 8.50. The summed E-state index contributed by atoms with van der Waals surface area (Å²) in [5, 5.41) is 5.98. The number of ether oxygens (including phenoxy) is 2. The molecule has 0 bridgehead atoms. The monoisotopic (exact) mass is 1010 g/mol. The van der Waals surface area contributed by atoms with Gasteiger partial charge in [0.25, 0.3) is 11.8 Å². The Balaban J connectivity index is 1.42. The van der Waals surface area contributed by atoms with Crippen molar-refractivity contribution < 1.29 is 51.5 Å². The van der Waals surface area contributed by atoms with Crippen LogP contribution in [0.2, 0.25) is 0 Å². The van der Waals surface area contributed by atoms with Gasteiger partial charge in [0.05, 0.1) is 48.4 Å². The Labute approximate surface area is 422 Å². The van der Waals surface area contributed by atoms with E-state index >= 15 is 0 Å². The maximum absolute atomic E-state index is 14.5. The number of sulfonamides is 1. The van der Waals surface area contributed by atoms with Crippen LogP contribution in [0.5, 0.6) is 0 Å². The van der Waals surface area contributed by atoms with Crippen LogP contribution in [0.15, 0.2) is 42.5 Å². The lowest BCUT2D eigenvalue weighted by Crippen LogP contribution is -2.59. The molecule has 4 rings (SSSR count). The summed E-state index contributed by atoms with van der Waals surface area (Å²) >= 11 is 0. The molecule has 1 aromatic carbocycles. The highest BCUT2D eigenvalue weighted by atomic mass is 32.2. The molecule has 0 radical (unpaired) electrons. The number of carbonyl (C=O) groups excluding carboxylic acids is 7. The topological polar surface area (TPSA) is 221 Å². The maximum Gasteiger partial charge on any atom is 0.253 e. The number of unbranched alkanes of at least 4 members (excludes halogenated alkanes) is 2. The minimum Gasteiger partial charge on any atom is -0.379 e. The molecule has 0 unspecified atom stereocenters. The van der Waals surface area contributed by atoms with E-state index in [1.54, 1.807) is 35.9 Å². The van der Waals surface area contributed by atoms with Crippen LogP contribution < -0.4 is 15.4 Å². The lowest BCUT2D eigenvalue weighted by molar-refractivity contribution is -0.148. The highest BCUT2D eigenvalue weighted by molar-refractivity contribution is 7.90. The Morgan fingerprint density at radius 2 is 1.48 bits per heavy atom. The lowest BCUT2D eigenvalue weighted by atomic mass is 9.89. The number of amides is 7. The molecule has 2 fully saturated rings. The first-order valence-corrected chi connectivity index (χ1v) is 27.3. The fraction of sp³-hybridized carbons (Fsp3) is 0.712. The van der Waals surface area contributed by atoms with E-state index in [2.05, 4.69) is 20.3 Å². The molecule has 0 spiro atoms. The van der Waals surface area contributed by atoms with Crippen LogP contribution in [-0.2, 0) is 59.5 Å². The molecule has 1 saturated heterocycles. The van der Waals surface area contributed by atoms with Gasteiger partial charge in [0.2, 0.25) is 39.6 Å². The molecular formula is C52H83N7O11S. The first-order valence-electron chi connectivity index (χ1n) is 25.7. The number of hydrogen-bond acceptors (Lipinski definition) is 12. The quantitative estimate of drug-likeness (QED) is 0.0767. The first kappa shape index (κ1) is 58.8. The van der Waals surface area contributed by atoms with Gasteiger partial charge in [-0.1, -0.05) is 90.6 Å². The van der Waals surface area contributed by atoms with Gasteiger partial charge >= 0.3 is 0 Å². The van der Waals surface area contributed by atoms with Gasteiger partial charge < -0.3 is 29.9 Å². The van der Waals surface area contributed by atoms with Crippen molar-refractivity contribution in [1.29, 1.82) is 0 Å². The Bertz CT molecular complexity index is 2080. The predicted octanol–water partition coefficient (Wildman–Crippen LogP) is 3.97. The number of nitrogens with zero attached hydrogens (tertiary/aromatic N) is 4. The Morgan fingerprint density at radius 1 is 0.831 bits per heavy atom. The molecule has 0 aromatic heterocycles. The molecule has 71 heavy (non-hydrogen) atoms. The molecule has 3 aliphatic rings. The fourth-order valence-electron chi connectivity index (χ4n) is 10.4. The van der Waals surface area contributed by atoms with Gasteiger partial charge in [0.15, 0.2) is 0 Å². The number of benzene rings is 1. The second-order valence-electron chi connectivity index (χ2n) is 20.3. The number of likely N-dealkylation sites (tertiary alicyclic amines) is 1. The molecule has 18 nitrogen and oxygen atoms in total. The van der Waals surface area contributed by atoms with Gasteiger partial charge in [-0.3, -0.25) is 48.1 Å². The zero-order valence-corrected chi connectivity index (χ0v) is 44.7. The maximum atomic E-state index is 14.5. The van der Waals surface area contributed by atoms with E-state index in [-0.39, 0.29) is 67.2 Å². The van der Waals surface area contributed by atoms with E-state index < -0.39 is 75.9 Å². The van der Waals surface area contributed by atoms with Crippen LogP contribution in [-0.4, -0.2) is 165 Å². The van der Waals surface area contributed by atoms with Crippen molar-refractivity contribution in [2.45, 2.75) is 173 Å². The number of methoxy groups -OCH3 is 2.